The summed E-state index contributed by atoms with van der Waals surface area (Å²) in [5, 5.41) is 19.9. The molecule has 0 aliphatic heterocycles. The maximum absolute atomic E-state index is 12.1. The van der Waals surface area contributed by atoms with Crippen LogP contribution in [-0.4, -0.2) is 35.4 Å². The molecule has 0 fully saturated rings. The van der Waals surface area contributed by atoms with Gasteiger partial charge < -0.3 is 19.7 Å². The minimum absolute atomic E-state index is 0.0433. The summed E-state index contributed by atoms with van der Waals surface area (Å²) in [5.41, 5.74) is 21.0. The highest BCUT2D eigenvalue weighted by atomic mass is 16.5. The van der Waals surface area contributed by atoms with Gasteiger partial charge in [-0.15, -0.1) is 0 Å². The van der Waals surface area contributed by atoms with E-state index in [9.17, 15) is 19.8 Å². The van der Waals surface area contributed by atoms with Gasteiger partial charge in [0.2, 0.25) is 0 Å². The fourth-order valence-corrected chi connectivity index (χ4v) is 13.0. The van der Waals surface area contributed by atoms with E-state index in [4.69, 9.17) is 9.47 Å². The standard InChI is InChI=1S/C46H34O6/c47-39(48)17-51-45-41-35-15-36(32-12-28-24-9-23(27(28)11-31(32)35)19-5-1-2-6-20(19)24)42(41)46(52-18-40(49)50)44-38-16-37(43(44)45)33-13-29-25-10-26(30(29)14-34(33)38)22-8-4-3-7-21(22)25/h1-8,11-14,23-26,35-38H,9-10,15-18H2,(H,47,48)(H,49,50). The van der Waals surface area contributed by atoms with Crippen LogP contribution in [0.5, 0.6) is 11.5 Å². The van der Waals surface area contributed by atoms with Gasteiger partial charge in [0.1, 0.15) is 11.5 Å². The van der Waals surface area contributed by atoms with Gasteiger partial charge in [0, 0.05) is 69.6 Å². The van der Waals surface area contributed by atoms with Crippen LogP contribution in [0.3, 0.4) is 0 Å². The van der Waals surface area contributed by atoms with Gasteiger partial charge in [0.15, 0.2) is 13.2 Å². The normalized spacial score (nSPS) is 28.2. The molecule has 0 saturated carbocycles. The number of aliphatic carboxylic acids is 2. The predicted octanol–water partition coefficient (Wildman–Crippen LogP) is 8.54. The first-order chi connectivity index (χ1) is 25.4. The van der Waals surface area contributed by atoms with Crippen molar-refractivity contribution < 1.29 is 29.3 Å². The van der Waals surface area contributed by atoms with Crippen molar-refractivity contribution in [3.05, 3.63) is 162 Å². The highest BCUT2D eigenvalue weighted by Crippen LogP contribution is 2.71. The summed E-state index contributed by atoms with van der Waals surface area (Å²) >= 11 is 0. The topological polar surface area (TPSA) is 93.1 Å². The van der Waals surface area contributed by atoms with Gasteiger partial charge in [-0.05, 0) is 92.4 Å². The van der Waals surface area contributed by atoms with Gasteiger partial charge in [-0.3, -0.25) is 0 Å². The molecule has 0 aromatic heterocycles. The van der Waals surface area contributed by atoms with Gasteiger partial charge in [0.25, 0.3) is 0 Å². The van der Waals surface area contributed by atoms with E-state index in [0.29, 0.717) is 35.2 Å². The second kappa shape index (κ2) is 9.35. The second-order valence-electron chi connectivity index (χ2n) is 16.5. The molecule has 5 aromatic rings. The number of benzene rings is 5. The summed E-state index contributed by atoms with van der Waals surface area (Å²) in [6.45, 7) is -0.837. The summed E-state index contributed by atoms with van der Waals surface area (Å²) in [4.78, 5) is 24.2. The zero-order valence-corrected chi connectivity index (χ0v) is 28.3. The van der Waals surface area contributed by atoms with Crippen molar-refractivity contribution in [1.29, 1.82) is 0 Å². The first kappa shape index (κ1) is 28.3. The summed E-state index contributed by atoms with van der Waals surface area (Å²) in [6, 6.07) is 27.6. The highest BCUT2D eigenvalue weighted by molar-refractivity contribution is 5.80. The molecule has 6 heteroatoms. The van der Waals surface area contributed by atoms with E-state index in [1.165, 1.54) is 66.8 Å². The highest BCUT2D eigenvalue weighted by Gasteiger charge is 2.55. The Balaban J connectivity index is 1.01. The summed E-state index contributed by atoms with van der Waals surface area (Å²) in [7, 11) is 0. The van der Waals surface area contributed by atoms with Crippen molar-refractivity contribution in [3.8, 4) is 11.5 Å². The number of rotatable bonds is 6. The molecular weight excluding hydrogens is 649 g/mol. The Bertz CT molecular complexity index is 2240. The minimum Gasteiger partial charge on any atom is -0.481 e. The van der Waals surface area contributed by atoms with Crippen molar-refractivity contribution >= 4 is 11.9 Å². The lowest BCUT2D eigenvalue weighted by Crippen LogP contribution is -2.20. The number of hydrogen-bond acceptors (Lipinski definition) is 4. The molecule has 52 heavy (non-hydrogen) atoms. The van der Waals surface area contributed by atoms with Crippen molar-refractivity contribution in [2.45, 2.75) is 73.0 Å². The summed E-state index contributed by atoms with van der Waals surface area (Å²) in [5.74, 6) is 1.25. The maximum Gasteiger partial charge on any atom is 0.341 e. The lowest BCUT2D eigenvalue weighted by atomic mass is 9.74. The van der Waals surface area contributed by atoms with E-state index in [0.717, 1.165) is 47.9 Å². The van der Waals surface area contributed by atoms with Gasteiger partial charge in [-0.25, -0.2) is 9.59 Å². The van der Waals surface area contributed by atoms with E-state index in [1.807, 2.05) is 0 Å². The van der Waals surface area contributed by atoms with Crippen molar-refractivity contribution in [2.24, 2.45) is 0 Å². The van der Waals surface area contributed by atoms with Gasteiger partial charge >= 0.3 is 11.9 Å². The summed E-state index contributed by atoms with van der Waals surface area (Å²) < 4.78 is 12.9. The molecule has 0 saturated heterocycles. The number of carboxylic acids is 2. The van der Waals surface area contributed by atoms with Crippen LogP contribution in [0, 0.1) is 0 Å². The molecule has 8 aliphatic rings. The Labute approximate surface area is 300 Å². The van der Waals surface area contributed by atoms with Crippen molar-refractivity contribution in [3.63, 3.8) is 0 Å². The van der Waals surface area contributed by atoms with Crippen LogP contribution in [0.25, 0.3) is 0 Å². The molecule has 5 aromatic carbocycles. The van der Waals surface area contributed by atoms with Gasteiger partial charge in [0.05, 0.1) is 0 Å². The van der Waals surface area contributed by atoms with E-state index >= 15 is 0 Å². The molecule has 8 aliphatic carbocycles. The molecule has 8 bridgehead atoms. The van der Waals surface area contributed by atoms with E-state index in [2.05, 4.69) is 72.8 Å². The maximum atomic E-state index is 12.1. The van der Waals surface area contributed by atoms with E-state index in [-0.39, 0.29) is 23.7 Å². The number of ether oxygens (including phenoxy) is 2. The molecular formula is C46H34O6. The van der Waals surface area contributed by atoms with Crippen LogP contribution in [0.2, 0.25) is 0 Å². The minimum atomic E-state index is -0.999. The predicted molar refractivity (Wildman–Crippen MR) is 192 cm³/mol. The van der Waals surface area contributed by atoms with Crippen LogP contribution in [0.1, 0.15) is 162 Å². The Kier molecular flexibility index (Phi) is 5.08. The molecule has 8 unspecified atom stereocenters. The second-order valence-corrected chi connectivity index (χ2v) is 16.5. The largest absolute Gasteiger partial charge is 0.481 e. The molecule has 13 rings (SSSR count). The van der Waals surface area contributed by atoms with Gasteiger partial charge in [-0.2, -0.15) is 0 Å². The molecule has 0 amide bonds. The molecule has 2 N–H and O–H groups in total. The van der Waals surface area contributed by atoms with Crippen LogP contribution in [0.15, 0.2) is 72.8 Å². The third-order valence-corrected chi connectivity index (χ3v) is 14.6. The third-order valence-electron chi connectivity index (χ3n) is 14.6. The quantitative estimate of drug-likeness (QED) is 0.187. The molecule has 0 spiro atoms. The molecule has 6 nitrogen and oxygen atoms in total. The van der Waals surface area contributed by atoms with Crippen molar-refractivity contribution in [1.82, 2.24) is 0 Å². The average molecular weight is 683 g/mol. The fourth-order valence-electron chi connectivity index (χ4n) is 13.0. The van der Waals surface area contributed by atoms with Crippen LogP contribution in [0.4, 0.5) is 0 Å². The Morgan fingerprint density at radius 1 is 0.423 bits per heavy atom. The number of carbonyl (C=O) groups is 2. The molecule has 0 radical (unpaired) electrons. The number of fused-ring (bicyclic) bond motifs is 32. The molecule has 254 valence electrons. The lowest BCUT2D eigenvalue weighted by molar-refractivity contribution is -0.140. The van der Waals surface area contributed by atoms with E-state index < -0.39 is 25.2 Å². The Hall–Kier alpha value is -5.36. The summed E-state index contributed by atoms with van der Waals surface area (Å²) in [6.07, 6.45) is 3.96. The monoisotopic (exact) mass is 682 g/mol. The lowest BCUT2D eigenvalue weighted by Gasteiger charge is -2.33. The van der Waals surface area contributed by atoms with E-state index in [1.54, 1.807) is 0 Å². The van der Waals surface area contributed by atoms with Crippen LogP contribution in [-0.2, 0) is 9.59 Å². The molecule has 0 heterocycles. The fraction of sp³-hybridized carbons (Fsp3) is 0.304. The zero-order chi connectivity index (χ0) is 34.3. The first-order valence-corrected chi connectivity index (χ1v) is 18.9. The van der Waals surface area contributed by atoms with Crippen LogP contribution >= 0.6 is 0 Å². The Morgan fingerprint density at radius 3 is 0.942 bits per heavy atom. The van der Waals surface area contributed by atoms with Crippen molar-refractivity contribution in [2.75, 3.05) is 13.2 Å². The zero-order valence-electron chi connectivity index (χ0n) is 28.3. The first-order valence-electron chi connectivity index (χ1n) is 18.9. The average Bonchev–Trinajstić information content (AvgIpc) is 4.02. The number of hydrogen-bond donors (Lipinski definition) is 2. The van der Waals surface area contributed by atoms with Gasteiger partial charge in [-0.1, -0.05) is 72.8 Å². The Morgan fingerprint density at radius 2 is 0.673 bits per heavy atom. The smallest absolute Gasteiger partial charge is 0.341 e. The SMILES string of the molecule is O=C(O)COc1c2c(c(OCC(=O)O)c3c1C1CC3c3cc4c(cc31)C1CC4c3ccccc31)C1CC2c2cc3c(cc21)C1CC3c2ccccc21. The third kappa shape index (κ3) is 3.21. The molecule has 8 atom stereocenters. The van der Waals surface area contributed by atoms with Crippen LogP contribution < -0.4 is 9.47 Å². The number of carboxylic acid groups (broad SMARTS) is 2.